The number of fused-ring (bicyclic) bond motifs is 1. The normalized spacial score (nSPS) is 12.6. The van der Waals surface area contributed by atoms with E-state index in [1.165, 1.54) is 6.08 Å². The van der Waals surface area contributed by atoms with E-state index in [-0.39, 0.29) is 11.9 Å². The van der Waals surface area contributed by atoms with Crippen LogP contribution in [0.15, 0.2) is 54.7 Å². The first-order valence-electron chi connectivity index (χ1n) is 7.73. The van der Waals surface area contributed by atoms with Crippen molar-refractivity contribution in [2.45, 2.75) is 19.9 Å². The Morgan fingerprint density at radius 1 is 1.25 bits per heavy atom. The summed E-state index contributed by atoms with van der Waals surface area (Å²) in [6.07, 6.45) is 5.03. The molecule has 3 rings (SSSR count). The number of pyridine rings is 1. The fraction of sp³-hybridized carbons (Fsp3) is 0.158. The first kappa shape index (κ1) is 16.3. The van der Waals surface area contributed by atoms with Crippen LogP contribution in [-0.4, -0.2) is 15.3 Å². The summed E-state index contributed by atoms with van der Waals surface area (Å²) in [5.41, 5.74) is 3.69. The van der Waals surface area contributed by atoms with Crippen molar-refractivity contribution in [3.05, 3.63) is 76.7 Å². The van der Waals surface area contributed by atoms with Gasteiger partial charge in [0.25, 0.3) is 0 Å². The van der Waals surface area contributed by atoms with Gasteiger partial charge < -0.3 is 5.32 Å². The molecule has 0 aliphatic heterocycles. The highest BCUT2D eigenvalue weighted by atomic mass is 35.5. The minimum atomic E-state index is -0.173. The number of halogens is 1. The number of hydrogen-bond acceptors (Lipinski definition) is 2. The van der Waals surface area contributed by atoms with E-state index in [1.54, 1.807) is 6.08 Å². The van der Waals surface area contributed by atoms with E-state index in [0.717, 1.165) is 16.8 Å². The lowest BCUT2D eigenvalue weighted by atomic mass is 10.0. The molecular weight excluding hydrogens is 322 g/mol. The molecule has 5 heteroatoms. The average molecular weight is 340 g/mol. The number of aryl methyl sites for hydroxylation is 1. The second-order valence-corrected chi connectivity index (χ2v) is 5.99. The third kappa shape index (κ3) is 3.34. The van der Waals surface area contributed by atoms with Crippen molar-refractivity contribution < 1.29 is 4.79 Å². The summed E-state index contributed by atoms with van der Waals surface area (Å²) in [4.78, 5) is 16.5. The van der Waals surface area contributed by atoms with Crippen LogP contribution in [0.3, 0.4) is 0 Å². The first-order chi connectivity index (χ1) is 11.6. The molecule has 24 heavy (non-hydrogen) atoms. The smallest absolute Gasteiger partial charge is 0.244 e. The van der Waals surface area contributed by atoms with Gasteiger partial charge in [-0.1, -0.05) is 41.9 Å². The Labute approximate surface area is 145 Å². The van der Waals surface area contributed by atoms with Crippen LogP contribution in [0.5, 0.6) is 0 Å². The predicted octanol–water partition coefficient (Wildman–Crippen LogP) is 4.19. The number of amides is 1. The van der Waals surface area contributed by atoms with Gasteiger partial charge in [-0.2, -0.15) is 0 Å². The monoisotopic (exact) mass is 339 g/mol. The number of imidazole rings is 1. The van der Waals surface area contributed by atoms with E-state index in [0.29, 0.717) is 10.8 Å². The molecule has 2 aromatic heterocycles. The van der Waals surface area contributed by atoms with Crippen LogP contribution in [0.25, 0.3) is 11.7 Å². The molecule has 1 amide bonds. The van der Waals surface area contributed by atoms with Crippen LogP contribution in [0.1, 0.15) is 29.8 Å². The topological polar surface area (TPSA) is 46.4 Å². The minimum absolute atomic E-state index is 0.0685. The molecule has 0 aliphatic rings. The third-order valence-corrected chi connectivity index (χ3v) is 4.21. The van der Waals surface area contributed by atoms with Crippen LogP contribution >= 0.6 is 11.6 Å². The van der Waals surface area contributed by atoms with Gasteiger partial charge in [-0.25, -0.2) is 4.98 Å². The Hall–Kier alpha value is -2.59. The Balaban J connectivity index is 1.76. The number of carbonyl (C=O) groups excluding carboxylic acids is 1. The molecule has 4 nitrogen and oxygen atoms in total. The Kier molecular flexibility index (Phi) is 4.67. The lowest BCUT2D eigenvalue weighted by molar-refractivity contribution is -0.117. The van der Waals surface area contributed by atoms with E-state index in [2.05, 4.69) is 10.3 Å². The number of aromatic nitrogens is 2. The van der Waals surface area contributed by atoms with Crippen LogP contribution in [0.2, 0.25) is 5.15 Å². The highest BCUT2D eigenvalue weighted by Crippen LogP contribution is 2.19. The molecule has 1 N–H and O–H groups in total. The van der Waals surface area contributed by atoms with Crippen molar-refractivity contribution in [2.24, 2.45) is 0 Å². The summed E-state index contributed by atoms with van der Waals surface area (Å²) in [5.74, 6) is -0.173. The maximum atomic E-state index is 12.2. The number of carbonyl (C=O) groups is 1. The fourth-order valence-electron chi connectivity index (χ4n) is 2.70. The van der Waals surface area contributed by atoms with Gasteiger partial charge in [0.15, 0.2) is 5.15 Å². The largest absolute Gasteiger partial charge is 0.346 e. The van der Waals surface area contributed by atoms with E-state index < -0.39 is 0 Å². The number of nitrogens with one attached hydrogen (secondary N) is 1. The molecule has 0 aliphatic carbocycles. The van der Waals surface area contributed by atoms with Gasteiger partial charge >= 0.3 is 0 Å². The van der Waals surface area contributed by atoms with Gasteiger partial charge in [-0.3, -0.25) is 9.20 Å². The fourth-order valence-corrected chi connectivity index (χ4v) is 2.94. The summed E-state index contributed by atoms with van der Waals surface area (Å²) in [6, 6.07) is 13.6. The molecule has 3 aromatic rings. The highest BCUT2D eigenvalue weighted by Gasteiger charge is 2.11. The second kappa shape index (κ2) is 6.89. The molecule has 0 saturated heterocycles. The molecule has 1 unspecified atom stereocenters. The van der Waals surface area contributed by atoms with E-state index >= 15 is 0 Å². The minimum Gasteiger partial charge on any atom is -0.346 e. The summed E-state index contributed by atoms with van der Waals surface area (Å²) in [6.45, 7) is 4.00. The summed E-state index contributed by atoms with van der Waals surface area (Å²) >= 11 is 6.16. The van der Waals surface area contributed by atoms with Gasteiger partial charge in [-0.05, 0) is 43.2 Å². The quantitative estimate of drug-likeness (QED) is 0.724. The van der Waals surface area contributed by atoms with Gasteiger partial charge in [0.05, 0.1) is 11.7 Å². The number of nitrogens with zero attached hydrogens (tertiary/aromatic N) is 2. The van der Waals surface area contributed by atoms with Crippen molar-refractivity contribution in [2.75, 3.05) is 0 Å². The lowest BCUT2D eigenvalue weighted by Gasteiger charge is -2.15. The van der Waals surface area contributed by atoms with Crippen molar-refractivity contribution in [3.63, 3.8) is 0 Å². The summed E-state index contributed by atoms with van der Waals surface area (Å²) in [5, 5.41) is 3.34. The first-order valence-corrected chi connectivity index (χ1v) is 8.11. The van der Waals surface area contributed by atoms with Gasteiger partial charge in [0, 0.05) is 12.3 Å². The molecule has 1 atom stereocenters. The second-order valence-electron chi connectivity index (χ2n) is 5.64. The van der Waals surface area contributed by atoms with Crippen LogP contribution < -0.4 is 5.32 Å². The van der Waals surface area contributed by atoms with Gasteiger partial charge in [-0.15, -0.1) is 0 Å². The Morgan fingerprint density at radius 2 is 2.00 bits per heavy atom. The number of rotatable bonds is 4. The molecule has 0 bridgehead atoms. The van der Waals surface area contributed by atoms with Crippen molar-refractivity contribution in [1.82, 2.24) is 14.7 Å². The molecule has 0 radical (unpaired) electrons. The molecular formula is C19H18ClN3O. The average Bonchev–Trinajstić information content (AvgIpc) is 2.88. The Morgan fingerprint density at radius 3 is 2.79 bits per heavy atom. The highest BCUT2D eigenvalue weighted by molar-refractivity contribution is 6.31. The van der Waals surface area contributed by atoms with Crippen molar-refractivity contribution in [1.29, 1.82) is 0 Å². The molecule has 0 saturated carbocycles. The Bertz CT molecular complexity index is 914. The molecule has 0 fully saturated rings. The third-order valence-electron chi connectivity index (χ3n) is 3.93. The van der Waals surface area contributed by atoms with E-state index in [1.807, 2.05) is 66.9 Å². The maximum absolute atomic E-state index is 12.2. The lowest BCUT2D eigenvalue weighted by Crippen LogP contribution is -2.25. The molecule has 1 aromatic carbocycles. The van der Waals surface area contributed by atoms with Crippen molar-refractivity contribution in [3.8, 4) is 0 Å². The zero-order chi connectivity index (χ0) is 17.1. The molecule has 2 heterocycles. The van der Waals surface area contributed by atoms with Crippen molar-refractivity contribution >= 4 is 29.2 Å². The number of benzene rings is 1. The zero-order valence-corrected chi connectivity index (χ0v) is 14.3. The number of hydrogen-bond donors (Lipinski definition) is 1. The van der Waals surface area contributed by atoms with E-state index in [4.69, 9.17) is 11.6 Å². The van der Waals surface area contributed by atoms with Crippen LogP contribution in [-0.2, 0) is 4.79 Å². The van der Waals surface area contributed by atoms with Gasteiger partial charge in [0.1, 0.15) is 5.65 Å². The summed E-state index contributed by atoms with van der Waals surface area (Å²) < 4.78 is 1.84. The van der Waals surface area contributed by atoms with Crippen LogP contribution in [0.4, 0.5) is 0 Å². The summed E-state index contributed by atoms with van der Waals surface area (Å²) in [7, 11) is 0. The SMILES string of the molecule is Cc1ccccc1C(C)NC(=O)/C=C/c1c(Cl)nc2ccccn12. The van der Waals surface area contributed by atoms with Gasteiger partial charge in [0.2, 0.25) is 5.91 Å². The standard InChI is InChI=1S/C19H18ClN3O/c1-13-7-3-4-8-15(13)14(2)21-18(24)11-10-16-19(20)22-17-9-5-6-12-23(16)17/h3-12,14H,1-2H3,(H,21,24)/b11-10+. The molecule has 0 spiro atoms. The van der Waals surface area contributed by atoms with E-state index in [9.17, 15) is 4.79 Å². The zero-order valence-electron chi connectivity index (χ0n) is 13.5. The maximum Gasteiger partial charge on any atom is 0.244 e. The van der Waals surface area contributed by atoms with Crippen LogP contribution in [0, 0.1) is 6.92 Å². The molecule has 122 valence electrons. The predicted molar refractivity (Wildman–Crippen MR) is 97.0 cm³/mol.